The van der Waals surface area contributed by atoms with Crippen LogP contribution in [0.4, 0.5) is 21.6 Å². The van der Waals surface area contributed by atoms with Crippen LogP contribution in [-0.4, -0.2) is 9.97 Å². The predicted octanol–water partition coefficient (Wildman–Crippen LogP) is 2.97. The van der Waals surface area contributed by atoms with E-state index in [-0.39, 0.29) is 5.56 Å². The first-order valence-electron chi connectivity index (χ1n) is 6.15. The van der Waals surface area contributed by atoms with E-state index in [2.05, 4.69) is 15.3 Å². The fourth-order valence-corrected chi connectivity index (χ4v) is 2.04. The molecule has 0 fully saturated rings. The summed E-state index contributed by atoms with van der Waals surface area (Å²) in [5.74, 6) is -0.0905. The van der Waals surface area contributed by atoms with E-state index in [0.717, 1.165) is 5.39 Å². The second-order valence-electron chi connectivity index (χ2n) is 4.40. The van der Waals surface area contributed by atoms with Gasteiger partial charge in [-0.15, -0.1) is 0 Å². The molecule has 5 nitrogen and oxygen atoms in total. The van der Waals surface area contributed by atoms with Gasteiger partial charge in [0.25, 0.3) is 0 Å². The van der Waals surface area contributed by atoms with Gasteiger partial charge in [0, 0.05) is 11.1 Å². The monoisotopic (exact) mass is 279 g/mol. The quantitative estimate of drug-likeness (QED) is 0.704. The highest BCUT2D eigenvalue weighted by molar-refractivity contribution is 5.92. The number of nitriles is 1. The fraction of sp³-hybridized carbons (Fsp3) is 0. The van der Waals surface area contributed by atoms with Crippen LogP contribution in [0.15, 0.2) is 42.7 Å². The molecule has 0 saturated heterocycles. The van der Waals surface area contributed by atoms with E-state index in [9.17, 15) is 4.39 Å². The number of nitrogens with one attached hydrogen (secondary N) is 1. The van der Waals surface area contributed by atoms with E-state index in [4.69, 9.17) is 11.0 Å². The first-order valence-corrected chi connectivity index (χ1v) is 6.15. The molecule has 3 rings (SSSR count). The zero-order chi connectivity index (χ0) is 14.8. The van der Waals surface area contributed by atoms with E-state index in [1.807, 2.05) is 6.07 Å². The normalized spacial score (nSPS) is 10.3. The zero-order valence-electron chi connectivity index (χ0n) is 10.8. The summed E-state index contributed by atoms with van der Waals surface area (Å²) >= 11 is 0. The lowest BCUT2D eigenvalue weighted by Gasteiger charge is -2.10. The molecule has 2 aromatic carbocycles. The van der Waals surface area contributed by atoms with Gasteiger partial charge in [-0.05, 0) is 30.3 Å². The number of hydrogen-bond acceptors (Lipinski definition) is 5. The maximum absolute atomic E-state index is 13.6. The summed E-state index contributed by atoms with van der Waals surface area (Å²) in [5, 5.41) is 12.8. The minimum absolute atomic E-state index is 0.0558. The molecule has 0 atom stereocenters. The van der Waals surface area contributed by atoms with Crippen LogP contribution in [0.5, 0.6) is 0 Å². The Morgan fingerprint density at radius 2 is 2.05 bits per heavy atom. The lowest BCUT2D eigenvalue weighted by atomic mass is 10.1. The van der Waals surface area contributed by atoms with Gasteiger partial charge in [-0.25, -0.2) is 14.4 Å². The van der Waals surface area contributed by atoms with Crippen molar-refractivity contribution in [1.82, 2.24) is 9.97 Å². The Hall–Kier alpha value is -3.20. The first kappa shape index (κ1) is 12.8. The van der Waals surface area contributed by atoms with Crippen molar-refractivity contribution in [3.05, 3.63) is 54.1 Å². The highest BCUT2D eigenvalue weighted by Gasteiger charge is 2.10. The van der Waals surface area contributed by atoms with E-state index >= 15 is 0 Å². The van der Waals surface area contributed by atoms with Crippen LogP contribution in [0.2, 0.25) is 0 Å². The molecule has 1 heterocycles. The van der Waals surface area contributed by atoms with Crippen molar-refractivity contribution < 1.29 is 4.39 Å². The van der Waals surface area contributed by atoms with Crippen molar-refractivity contribution in [1.29, 1.82) is 5.26 Å². The summed E-state index contributed by atoms with van der Waals surface area (Å²) in [4.78, 5) is 8.28. The molecule has 102 valence electrons. The van der Waals surface area contributed by atoms with E-state index in [0.29, 0.717) is 22.7 Å². The van der Waals surface area contributed by atoms with Crippen LogP contribution in [0.25, 0.3) is 10.9 Å². The fourth-order valence-electron chi connectivity index (χ4n) is 2.04. The molecule has 0 spiro atoms. The lowest BCUT2D eigenvalue weighted by molar-refractivity contribution is 0.624. The number of anilines is 3. The molecule has 0 bridgehead atoms. The Bertz CT molecular complexity index is 870. The first-order chi connectivity index (χ1) is 10.2. The van der Waals surface area contributed by atoms with Gasteiger partial charge >= 0.3 is 0 Å². The second kappa shape index (κ2) is 5.06. The SMILES string of the molecule is N#Cc1c(F)cccc1Nc1ncnc2cc(N)ccc12. The zero-order valence-corrected chi connectivity index (χ0v) is 10.8. The largest absolute Gasteiger partial charge is 0.399 e. The summed E-state index contributed by atoms with van der Waals surface area (Å²) in [5.41, 5.74) is 7.28. The molecule has 21 heavy (non-hydrogen) atoms. The Morgan fingerprint density at radius 3 is 2.86 bits per heavy atom. The van der Waals surface area contributed by atoms with E-state index < -0.39 is 5.82 Å². The summed E-state index contributed by atoms with van der Waals surface area (Å²) in [6.45, 7) is 0. The molecule has 0 saturated carbocycles. The number of rotatable bonds is 2. The maximum Gasteiger partial charge on any atom is 0.143 e. The number of nitrogen functional groups attached to an aromatic ring is 1. The standard InChI is InChI=1S/C15H10FN5/c16-12-2-1-3-13(11(12)7-17)21-15-10-5-4-9(18)6-14(10)19-8-20-15/h1-6,8H,18H2,(H,19,20,21). The van der Waals surface area contributed by atoms with Crippen LogP contribution in [0, 0.1) is 17.1 Å². The molecular formula is C15H10FN5. The van der Waals surface area contributed by atoms with Crippen molar-refractivity contribution in [2.75, 3.05) is 11.1 Å². The van der Waals surface area contributed by atoms with Crippen molar-refractivity contribution >= 4 is 28.1 Å². The van der Waals surface area contributed by atoms with Crippen LogP contribution < -0.4 is 11.1 Å². The molecular weight excluding hydrogens is 269 g/mol. The topological polar surface area (TPSA) is 87.6 Å². The number of nitrogens with two attached hydrogens (primary N) is 1. The molecule has 3 N–H and O–H groups in total. The number of fused-ring (bicyclic) bond motifs is 1. The summed E-state index contributed by atoms with van der Waals surface area (Å²) in [6, 6.07) is 11.5. The molecule has 0 aliphatic rings. The Morgan fingerprint density at radius 1 is 1.19 bits per heavy atom. The number of aromatic nitrogens is 2. The minimum atomic E-state index is -0.579. The van der Waals surface area contributed by atoms with Crippen molar-refractivity contribution in [3.63, 3.8) is 0 Å². The molecule has 6 heteroatoms. The van der Waals surface area contributed by atoms with Gasteiger partial charge in [-0.1, -0.05) is 6.07 Å². The number of nitrogens with zero attached hydrogens (tertiary/aromatic N) is 3. The average Bonchev–Trinajstić information content (AvgIpc) is 2.47. The van der Waals surface area contributed by atoms with E-state index in [1.165, 1.54) is 18.5 Å². The molecule has 1 aromatic heterocycles. The van der Waals surface area contributed by atoms with Gasteiger partial charge in [0.1, 0.15) is 29.6 Å². The third-order valence-electron chi connectivity index (χ3n) is 3.04. The third kappa shape index (κ3) is 2.32. The summed E-state index contributed by atoms with van der Waals surface area (Å²) < 4.78 is 13.6. The van der Waals surface area contributed by atoms with Crippen LogP contribution >= 0.6 is 0 Å². The van der Waals surface area contributed by atoms with Crippen LogP contribution in [-0.2, 0) is 0 Å². The molecule has 0 aliphatic carbocycles. The van der Waals surface area contributed by atoms with Gasteiger partial charge in [-0.3, -0.25) is 0 Å². The van der Waals surface area contributed by atoms with Crippen LogP contribution in [0.1, 0.15) is 5.56 Å². The molecule has 0 radical (unpaired) electrons. The number of hydrogen-bond donors (Lipinski definition) is 2. The summed E-state index contributed by atoms with van der Waals surface area (Å²) in [7, 11) is 0. The number of halogens is 1. The van der Waals surface area contributed by atoms with Crippen molar-refractivity contribution in [2.24, 2.45) is 0 Å². The highest BCUT2D eigenvalue weighted by atomic mass is 19.1. The Labute approximate surface area is 119 Å². The minimum Gasteiger partial charge on any atom is -0.399 e. The highest BCUT2D eigenvalue weighted by Crippen LogP contribution is 2.26. The lowest BCUT2D eigenvalue weighted by Crippen LogP contribution is -1.99. The second-order valence-corrected chi connectivity index (χ2v) is 4.40. The van der Waals surface area contributed by atoms with Gasteiger partial charge in [0.15, 0.2) is 0 Å². The molecule has 3 aromatic rings. The smallest absolute Gasteiger partial charge is 0.143 e. The maximum atomic E-state index is 13.6. The van der Waals surface area contributed by atoms with Gasteiger partial charge in [0.05, 0.1) is 11.2 Å². The van der Waals surface area contributed by atoms with Gasteiger partial charge in [0.2, 0.25) is 0 Å². The van der Waals surface area contributed by atoms with Gasteiger partial charge in [-0.2, -0.15) is 5.26 Å². The Balaban J connectivity index is 2.11. The average molecular weight is 279 g/mol. The molecule has 0 unspecified atom stereocenters. The molecule has 0 amide bonds. The third-order valence-corrected chi connectivity index (χ3v) is 3.04. The van der Waals surface area contributed by atoms with E-state index in [1.54, 1.807) is 24.3 Å². The van der Waals surface area contributed by atoms with Gasteiger partial charge < -0.3 is 11.1 Å². The number of benzene rings is 2. The van der Waals surface area contributed by atoms with Crippen molar-refractivity contribution in [2.45, 2.75) is 0 Å². The Kier molecular flexibility index (Phi) is 3.09. The van der Waals surface area contributed by atoms with Crippen LogP contribution in [0.3, 0.4) is 0 Å². The van der Waals surface area contributed by atoms with Crippen molar-refractivity contribution in [3.8, 4) is 6.07 Å². The molecule has 0 aliphatic heterocycles. The summed E-state index contributed by atoms with van der Waals surface area (Å²) in [6.07, 6.45) is 1.38. The predicted molar refractivity (Wildman–Crippen MR) is 78.3 cm³/mol.